The van der Waals surface area contributed by atoms with Gasteiger partial charge >= 0.3 is 0 Å². The van der Waals surface area contributed by atoms with Crippen LogP contribution in [0.1, 0.15) is 20.3 Å². The standard InChI is InChI=1S/C9H20N2O/c1-7(2)4-11-5-8(10)3-9(11)6-12/h7-9,12H,3-6,10H2,1-2H3/t8-,9+/m1/s1. The van der Waals surface area contributed by atoms with Crippen LogP contribution < -0.4 is 5.73 Å². The molecule has 3 nitrogen and oxygen atoms in total. The Balaban J connectivity index is 2.40. The molecule has 3 heteroatoms. The monoisotopic (exact) mass is 172 g/mol. The molecule has 0 radical (unpaired) electrons. The first kappa shape index (κ1) is 9.96. The van der Waals surface area contributed by atoms with Crippen LogP contribution in [0.3, 0.4) is 0 Å². The number of nitrogens with zero attached hydrogens (tertiary/aromatic N) is 1. The number of rotatable bonds is 3. The van der Waals surface area contributed by atoms with Gasteiger partial charge in [-0.2, -0.15) is 0 Å². The zero-order valence-electron chi connectivity index (χ0n) is 8.03. The summed E-state index contributed by atoms with van der Waals surface area (Å²) in [7, 11) is 0. The Bertz CT molecular complexity index is 138. The molecule has 0 bridgehead atoms. The summed E-state index contributed by atoms with van der Waals surface area (Å²) in [5.74, 6) is 0.657. The Morgan fingerprint density at radius 2 is 2.25 bits per heavy atom. The highest BCUT2D eigenvalue weighted by atomic mass is 16.3. The maximum atomic E-state index is 9.07. The molecule has 1 fully saturated rings. The van der Waals surface area contributed by atoms with Crippen LogP contribution in [-0.2, 0) is 0 Å². The van der Waals surface area contributed by atoms with E-state index in [1.165, 1.54) is 0 Å². The Morgan fingerprint density at radius 3 is 2.75 bits per heavy atom. The van der Waals surface area contributed by atoms with Gasteiger partial charge in [0, 0.05) is 25.2 Å². The topological polar surface area (TPSA) is 49.5 Å². The van der Waals surface area contributed by atoms with E-state index in [4.69, 9.17) is 10.8 Å². The molecule has 72 valence electrons. The summed E-state index contributed by atoms with van der Waals surface area (Å²) in [6.45, 7) is 6.64. The third kappa shape index (κ3) is 2.44. The van der Waals surface area contributed by atoms with Crippen molar-refractivity contribution < 1.29 is 5.11 Å². The highest BCUT2D eigenvalue weighted by Crippen LogP contribution is 2.17. The molecule has 1 aliphatic heterocycles. The van der Waals surface area contributed by atoms with Crippen LogP contribution in [-0.4, -0.2) is 41.8 Å². The highest BCUT2D eigenvalue weighted by Gasteiger charge is 2.29. The lowest BCUT2D eigenvalue weighted by atomic mass is 10.1. The molecule has 0 amide bonds. The molecular weight excluding hydrogens is 152 g/mol. The van der Waals surface area contributed by atoms with Gasteiger partial charge in [0.05, 0.1) is 6.61 Å². The Kier molecular flexibility index (Phi) is 3.50. The van der Waals surface area contributed by atoms with Gasteiger partial charge in [0.15, 0.2) is 0 Å². The summed E-state index contributed by atoms with van der Waals surface area (Å²) >= 11 is 0. The van der Waals surface area contributed by atoms with E-state index in [1.807, 2.05) is 0 Å². The first-order valence-electron chi connectivity index (χ1n) is 4.74. The van der Waals surface area contributed by atoms with Crippen LogP contribution >= 0.6 is 0 Å². The second-order valence-electron chi connectivity index (χ2n) is 4.18. The smallest absolute Gasteiger partial charge is 0.0587 e. The van der Waals surface area contributed by atoms with Crippen LogP contribution in [0, 0.1) is 5.92 Å². The third-order valence-corrected chi connectivity index (χ3v) is 2.37. The van der Waals surface area contributed by atoms with Gasteiger partial charge in [0.2, 0.25) is 0 Å². The number of aliphatic hydroxyl groups is 1. The molecule has 2 atom stereocenters. The number of hydrogen-bond donors (Lipinski definition) is 2. The van der Waals surface area contributed by atoms with E-state index < -0.39 is 0 Å². The van der Waals surface area contributed by atoms with E-state index in [2.05, 4.69) is 18.7 Å². The normalized spacial score (nSPS) is 31.8. The van der Waals surface area contributed by atoms with Crippen molar-refractivity contribution in [2.24, 2.45) is 11.7 Å². The zero-order chi connectivity index (χ0) is 9.14. The van der Waals surface area contributed by atoms with Gasteiger partial charge in [-0.25, -0.2) is 0 Å². The molecule has 0 aromatic rings. The van der Waals surface area contributed by atoms with E-state index in [-0.39, 0.29) is 12.6 Å². The zero-order valence-corrected chi connectivity index (χ0v) is 8.03. The molecular formula is C9H20N2O. The fourth-order valence-corrected chi connectivity index (χ4v) is 1.91. The SMILES string of the molecule is CC(C)CN1C[C@H](N)C[C@H]1CO. The summed E-state index contributed by atoms with van der Waals surface area (Å²) in [5.41, 5.74) is 5.81. The molecule has 0 saturated carbocycles. The summed E-state index contributed by atoms with van der Waals surface area (Å²) in [6, 6.07) is 0.572. The molecule has 0 aromatic heterocycles. The summed E-state index contributed by atoms with van der Waals surface area (Å²) in [5, 5.41) is 9.07. The number of aliphatic hydroxyl groups excluding tert-OH is 1. The van der Waals surface area contributed by atoms with Crippen LogP contribution in [0.5, 0.6) is 0 Å². The van der Waals surface area contributed by atoms with Crippen molar-refractivity contribution in [1.82, 2.24) is 4.90 Å². The van der Waals surface area contributed by atoms with Crippen molar-refractivity contribution in [1.29, 1.82) is 0 Å². The largest absolute Gasteiger partial charge is 0.395 e. The van der Waals surface area contributed by atoms with E-state index in [0.717, 1.165) is 19.5 Å². The first-order valence-corrected chi connectivity index (χ1v) is 4.74. The van der Waals surface area contributed by atoms with Gasteiger partial charge in [-0.3, -0.25) is 4.90 Å². The predicted molar refractivity (Wildman–Crippen MR) is 49.9 cm³/mol. The van der Waals surface area contributed by atoms with Gasteiger partial charge in [-0.1, -0.05) is 13.8 Å². The molecule has 1 heterocycles. The van der Waals surface area contributed by atoms with Gasteiger partial charge in [-0.05, 0) is 12.3 Å². The van der Waals surface area contributed by atoms with Crippen LogP contribution in [0.2, 0.25) is 0 Å². The van der Waals surface area contributed by atoms with E-state index in [1.54, 1.807) is 0 Å². The van der Waals surface area contributed by atoms with Crippen molar-refractivity contribution in [3.05, 3.63) is 0 Å². The van der Waals surface area contributed by atoms with Crippen molar-refractivity contribution in [2.75, 3.05) is 19.7 Å². The lowest BCUT2D eigenvalue weighted by Gasteiger charge is -2.24. The Morgan fingerprint density at radius 1 is 1.58 bits per heavy atom. The van der Waals surface area contributed by atoms with Crippen molar-refractivity contribution in [2.45, 2.75) is 32.4 Å². The lowest BCUT2D eigenvalue weighted by molar-refractivity contribution is 0.147. The number of hydrogen-bond acceptors (Lipinski definition) is 3. The van der Waals surface area contributed by atoms with E-state index in [9.17, 15) is 0 Å². The quantitative estimate of drug-likeness (QED) is 0.632. The minimum atomic E-state index is 0.250. The van der Waals surface area contributed by atoms with E-state index in [0.29, 0.717) is 12.0 Å². The molecule has 1 rings (SSSR count). The fourth-order valence-electron chi connectivity index (χ4n) is 1.91. The number of likely N-dealkylation sites (tertiary alicyclic amines) is 1. The molecule has 0 spiro atoms. The molecule has 3 N–H and O–H groups in total. The minimum Gasteiger partial charge on any atom is -0.395 e. The van der Waals surface area contributed by atoms with Crippen molar-refractivity contribution in [3.63, 3.8) is 0 Å². The number of nitrogens with two attached hydrogens (primary N) is 1. The Labute approximate surface area is 74.5 Å². The fraction of sp³-hybridized carbons (Fsp3) is 1.00. The van der Waals surface area contributed by atoms with Crippen molar-refractivity contribution in [3.8, 4) is 0 Å². The van der Waals surface area contributed by atoms with Gasteiger partial charge in [0.1, 0.15) is 0 Å². The van der Waals surface area contributed by atoms with E-state index >= 15 is 0 Å². The second-order valence-corrected chi connectivity index (χ2v) is 4.18. The Hall–Kier alpha value is -0.120. The molecule has 0 unspecified atom stereocenters. The summed E-state index contributed by atoms with van der Waals surface area (Å²) < 4.78 is 0. The highest BCUT2D eigenvalue weighted by molar-refractivity contribution is 4.87. The maximum Gasteiger partial charge on any atom is 0.0587 e. The molecule has 1 saturated heterocycles. The van der Waals surface area contributed by atoms with Crippen LogP contribution in [0.4, 0.5) is 0 Å². The molecule has 12 heavy (non-hydrogen) atoms. The van der Waals surface area contributed by atoms with Gasteiger partial charge in [-0.15, -0.1) is 0 Å². The second kappa shape index (κ2) is 4.21. The average Bonchev–Trinajstić information content (AvgIpc) is 2.29. The van der Waals surface area contributed by atoms with Gasteiger partial charge in [0.25, 0.3) is 0 Å². The van der Waals surface area contributed by atoms with Crippen LogP contribution in [0.15, 0.2) is 0 Å². The molecule has 0 aromatic carbocycles. The minimum absolute atomic E-state index is 0.250. The average molecular weight is 172 g/mol. The van der Waals surface area contributed by atoms with Gasteiger partial charge < -0.3 is 10.8 Å². The summed E-state index contributed by atoms with van der Waals surface area (Å²) in [4.78, 5) is 2.30. The van der Waals surface area contributed by atoms with Crippen LogP contribution in [0.25, 0.3) is 0 Å². The maximum absolute atomic E-state index is 9.07. The third-order valence-electron chi connectivity index (χ3n) is 2.37. The molecule has 1 aliphatic rings. The molecule has 0 aliphatic carbocycles. The first-order chi connectivity index (χ1) is 5.63. The van der Waals surface area contributed by atoms with Crippen molar-refractivity contribution >= 4 is 0 Å². The lowest BCUT2D eigenvalue weighted by Crippen LogP contribution is -2.35. The summed E-state index contributed by atoms with van der Waals surface area (Å²) in [6.07, 6.45) is 0.948. The predicted octanol–water partition coefficient (Wildman–Crippen LogP) is 0.0363.